The number of anilines is 1. The van der Waals surface area contributed by atoms with E-state index in [4.69, 9.17) is 0 Å². The largest absolute Gasteiger partial charge is 0.378 e. The Bertz CT molecular complexity index is 874. The molecule has 0 aliphatic carbocycles. The Balaban J connectivity index is 1.76. The molecule has 5 nitrogen and oxygen atoms in total. The molecular weight excluding hydrogens is 356 g/mol. The maximum absolute atomic E-state index is 12.5. The van der Waals surface area contributed by atoms with Gasteiger partial charge in [0.15, 0.2) is 5.17 Å². The van der Waals surface area contributed by atoms with Crippen LogP contribution in [-0.2, 0) is 11.3 Å². The zero-order valence-electron chi connectivity index (χ0n) is 16.1. The molecule has 0 spiro atoms. The number of nitrogens with zero attached hydrogens (tertiary/aromatic N) is 4. The van der Waals surface area contributed by atoms with Gasteiger partial charge in [-0.05, 0) is 42.7 Å². The van der Waals surface area contributed by atoms with Crippen LogP contribution in [0.2, 0.25) is 0 Å². The number of hydrogen-bond donors (Lipinski definition) is 0. The first-order chi connectivity index (χ1) is 13.0. The van der Waals surface area contributed by atoms with Gasteiger partial charge in [-0.15, -0.1) is 5.10 Å². The summed E-state index contributed by atoms with van der Waals surface area (Å²) in [5.41, 5.74) is 4.39. The lowest BCUT2D eigenvalue weighted by Gasteiger charge is -2.16. The van der Waals surface area contributed by atoms with Gasteiger partial charge in [-0.25, -0.2) is 0 Å². The molecule has 1 atom stereocenters. The molecule has 2 aromatic carbocycles. The first-order valence-corrected chi connectivity index (χ1v) is 9.74. The van der Waals surface area contributed by atoms with Crippen LogP contribution in [0.1, 0.15) is 23.6 Å². The minimum Gasteiger partial charge on any atom is -0.378 e. The van der Waals surface area contributed by atoms with Crippen molar-refractivity contribution in [3.05, 3.63) is 65.2 Å². The topological polar surface area (TPSA) is 48.3 Å². The van der Waals surface area contributed by atoms with Gasteiger partial charge in [0.05, 0.1) is 18.0 Å². The fourth-order valence-electron chi connectivity index (χ4n) is 2.77. The van der Waals surface area contributed by atoms with Gasteiger partial charge in [0.2, 0.25) is 5.91 Å². The van der Waals surface area contributed by atoms with Crippen molar-refractivity contribution in [2.45, 2.75) is 25.6 Å². The molecule has 0 radical (unpaired) electrons. The first-order valence-electron chi connectivity index (χ1n) is 8.86. The van der Waals surface area contributed by atoms with E-state index in [0.717, 1.165) is 16.8 Å². The maximum atomic E-state index is 12.5. The lowest BCUT2D eigenvalue weighted by atomic mass is 10.1. The van der Waals surface area contributed by atoms with Crippen molar-refractivity contribution < 1.29 is 4.79 Å². The zero-order chi connectivity index (χ0) is 19.4. The lowest BCUT2D eigenvalue weighted by Crippen LogP contribution is -2.31. The van der Waals surface area contributed by atoms with E-state index in [2.05, 4.69) is 23.2 Å². The van der Waals surface area contributed by atoms with Crippen LogP contribution in [0.15, 0.2) is 58.7 Å². The molecular formula is C21H24N4OS. The highest BCUT2D eigenvalue weighted by atomic mass is 32.2. The highest BCUT2D eigenvalue weighted by Gasteiger charge is 2.35. The third-order valence-corrected chi connectivity index (χ3v) is 5.54. The quantitative estimate of drug-likeness (QED) is 0.584. The van der Waals surface area contributed by atoms with Gasteiger partial charge in [-0.1, -0.05) is 48.2 Å². The van der Waals surface area contributed by atoms with E-state index in [9.17, 15) is 4.79 Å². The Hall–Kier alpha value is -2.60. The van der Waals surface area contributed by atoms with E-state index in [1.807, 2.05) is 68.4 Å². The van der Waals surface area contributed by atoms with Crippen molar-refractivity contribution in [3.63, 3.8) is 0 Å². The number of carbonyl (C=O) groups excluding carboxylic acids is 1. The smallest absolute Gasteiger partial charge is 0.242 e. The van der Waals surface area contributed by atoms with Crippen LogP contribution < -0.4 is 4.90 Å². The minimum absolute atomic E-state index is 0.0764. The highest BCUT2D eigenvalue weighted by Crippen LogP contribution is 2.29. The minimum atomic E-state index is -0.137. The molecule has 3 rings (SSSR count). The normalized spacial score (nSPS) is 18.7. The number of amides is 1. The van der Waals surface area contributed by atoms with Gasteiger partial charge >= 0.3 is 0 Å². The van der Waals surface area contributed by atoms with E-state index >= 15 is 0 Å². The number of carbonyl (C=O) groups is 1. The summed E-state index contributed by atoms with van der Waals surface area (Å²) in [4.78, 5) is 16.3. The number of aryl methyl sites for hydroxylation is 1. The third kappa shape index (κ3) is 4.57. The molecule has 0 aromatic heterocycles. The Morgan fingerprint density at radius 3 is 2.52 bits per heavy atom. The molecule has 0 bridgehead atoms. The standard InChI is InChI=1S/C21H24N4OS/c1-15-7-5-6-8-18(15)14-25-20(26)16(2)27-21(25)23-22-13-17-9-11-19(12-10-17)24(3)4/h5-13,16H,14H2,1-4H3/b22-13+,23-21-. The van der Waals surface area contributed by atoms with Gasteiger partial charge < -0.3 is 4.90 Å². The van der Waals surface area contributed by atoms with Crippen LogP contribution in [0.4, 0.5) is 5.69 Å². The number of amidine groups is 1. The second kappa shape index (κ2) is 8.39. The van der Waals surface area contributed by atoms with E-state index in [1.165, 1.54) is 17.3 Å². The maximum Gasteiger partial charge on any atom is 0.242 e. The fourth-order valence-corrected chi connectivity index (χ4v) is 3.69. The first kappa shape index (κ1) is 19.2. The van der Waals surface area contributed by atoms with Crippen LogP contribution >= 0.6 is 11.8 Å². The summed E-state index contributed by atoms with van der Waals surface area (Å²) in [6.45, 7) is 4.48. The Labute approximate surface area is 164 Å². The summed E-state index contributed by atoms with van der Waals surface area (Å²) in [5, 5.41) is 9.06. The summed E-state index contributed by atoms with van der Waals surface area (Å²) < 4.78 is 0. The van der Waals surface area contributed by atoms with Crippen LogP contribution in [0.3, 0.4) is 0 Å². The number of rotatable bonds is 5. The van der Waals surface area contributed by atoms with Crippen molar-refractivity contribution in [2.24, 2.45) is 10.2 Å². The molecule has 6 heteroatoms. The second-order valence-electron chi connectivity index (χ2n) is 6.72. The van der Waals surface area contributed by atoms with Gasteiger partial charge in [0, 0.05) is 19.8 Å². The van der Waals surface area contributed by atoms with E-state index in [0.29, 0.717) is 11.7 Å². The van der Waals surface area contributed by atoms with Gasteiger partial charge in [0.25, 0.3) is 0 Å². The van der Waals surface area contributed by atoms with Crippen molar-refractivity contribution in [1.29, 1.82) is 0 Å². The Morgan fingerprint density at radius 1 is 1.15 bits per heavy atom. The van der Waals surface area contributed by atoms with Crippen LogP contribution in [0.5, 0.6) is 0 Å². The van der Waals surface area contributed by atoms with Crippen LogP contribution in [0, 0.1) is 6.92 Å². The van der Waals surface area contributed by atoms with Gasteiger partial charge in [-0.3, -0.25) is 9.69 Å². The molecule has 1 heterocycles. The molecule has 140 valence electrons. The predicted molar refractivity (Wildman–Crippen MR) is 115 cm³/mol. The van der Waals surface area contributed by atoms with Gasteiger partial charge in [-0.2, -0.15) is 5.10 Å². The summed E-state index contributed by atoms with van der Waals surface area (Å²) >= 11 is 1.45. The second-order valence-corrected chi connectivity index (χ2v) is 8.03. The summed E-state index contributed by atoms with van der Waals surface area (Å²) in [5.74, 6) is 0.0764. The molecule has 1 fully saturated rings. The summed E-state index contributed by atoms with van der Waals surface area (Å²) in [6.07, 6.45) is 1.71. The molecule has 27 heavy (non-hydrogen) atoms. The average Bonchev–Trinajstić information content (AvgIpc) is 2.91. The van der Waals surface area contributed by atoms with Crippen LogP contribution in [-0.4, -0.2) is 41.5 Å². The predicted octanol–water partition coefficient (Wildman–Crippen LogP) is 3.92. The monoisotopic (exact) mass is 380 g/mol. The van der Waals surface area contributed by atoms with Crippen molar-refractivity contribution in [3.8, 4) is 0 Å². The molecule has 0 N–H and O–H groups in total. The average molecular weight is 381 g/mol. The molecule has 0 saturated carbocycles. The number of hydrogen-bond acceptors (Lipinski definition) is 5. The molecule has 1 aliphatic heterocycles. The number of benzene rings is 2. The van der Waals surface area contributed by atoms with Crippen LogP contribution in [0.25, 0.3) is 0 Å². The van der Waals surface area contributed by atoms with E-state index in [1.54, 1.807) is 11.1 Å². The zero-order valence-corrected chi connectivity index (χ0v) is 16.9. The number of thioether (sulfide) groups is 1. The van der Waals surface area contributed by atoms with E-state index < -0.39 is 0 Å². The SMILES string of the molecule is Cc1ccccc1CN1C(=O)C(C)S/C1=N\N=C\c1ccc(N(C)C)cc1. The van der Waals surface area contributed by atoms with E-state index in [-0.39, 0.29) is 11.2 Å². The van der Waals surface area contributed by atoms with Crippen molar-refractivity contribution in [1.82, 2.24) is 4.90 Å². The Morgan fingerprint density at radius 2 is 1.85 bits per heavy atom. The van der Waals surface area contributed by atoms with Gasteiger partial charge in [0.1, 0.15) is 0 Å². The molecule has 2 aromatic rings. The van der Waals surface area contributed by atoms with Crippen molar-refractivity contribution in [2.75, 3.05) is 19.0 Å². The fraction of sp³-hybridized carbons (Fsp3) is 0.286. The molecule has 1 unspecified atom stereocenters. The summed E-state index contributed by atoms with van der Waals surface area (Å²) in [7, 11) is 4.02. The molecule has 1 aliphatic rings. The highest BCUT2D eigenvalue weighted by molar-refractivity contribution is 8.15. The lowest BCUT2D eigenvalue weighted by molar-refractivity contribution is -0.126. The molecule has 1 amide bonds. The molecule has 1 saturated heterocycles. The van der Waals surface area contributed by atoms with Crippen molar-refractivity contribution >= 4 is 34.7 Å². The Kier molecular flexibility index (Phi) is 5.96. The third-order valence-electron chi connectivity index (χ3n) is 4.48. The summed E-state index contributed by atoms with van der Waals surface area (Å²) in [6, 6.07) is 16.2.